The zero-order valence-corrected chi connectivity index (χ0v) is 10.6. The molecule has 1 aromatic heterocycles. The van der Waals surface area contributed by atoms with Crippen molar-refractivity contribution in [3.8, 4) is 0 Å². The van der Waals surface area contributed by atoms with Crippen LogP contribution in [-0.2, 0) is 6.54 Å². The van der Waals surface area contributed by atoms with Gasteiger partial charge in [0.05, 0.1) is 17.3 Å². The molecule has 7 heteroatoms. The van der Waals surface area contributed by atoms with Crippen LogP contribution in [0.1, 0.15) is 4.88 Å². The number of thiazole rings is 1. The van der Waals surface area contributed by atoms with Gasteiger partial charge in [0.15, 0.2) is 4.47 Å². The second-order valence-electron chi connectivity index (χ2n) is 3.18. The normalized spacial score (nSPS) is 10.6. The molecule has 1 N–H and O–H groups in total. The second-order valence-corrected chi connectivity index (χ2v) is 5.26. The predicted molar refractivity (Wildman–Crippen MR) is 65.8 cm³/mol. The van der Waals surface area contributed by atoms with Gasteiger partial charge >= 0.3 is 0 Å². The van der Waals surface area contributed by atoms with E-state index in [4.69, 9.17) is 23.2 Å². The van der Waals surface area contributed by atoms with Crippen LogP contribution in [0.2, 0.25) is 9.49 Å². The van der Waals surface area contributed by atoms with E-state index in [1.807, 2.05) is 0 Å². The molecule has 0 aliphatic heterocycles. The summed E-state index contributed by atoms with van der Waals surface area (Å²) < 4.78 is 26.5. The molecule has 0 aliphatic rings. The Morgan fingerprint density at radius 1 is 1.29 bits per heavy atom. The highest BCUT2D eigenvalue weighted by Crippen LogP contribution is 2.27. The van der Waals surface area contributed by atoms with Crippen LogP contribution in [0, 0.1) is 11.6 Å². The van der Waals surface area contributed by atoms with Crippen molar-refractivity contribution in [3.63, 3.8) is 0 Å². The fourth-order valence-electron chi connectivity index (χ4n) is 1.23. The highest BCUT2D eigenvalue weighted by atomic mass is 35.5. The standard InChI is InChI=1S/C10H6Cl2F2N2S/c11-9-7(14)1-5(13)2-8(9)15-3-6-4-16-10(12)17-6/h1-2,4,15H,3H2. The zero-order chi connectivity index (χ0) is 12.4. The van der Waals surface area contributed by atoms with Gasteiger partial charge in [-0.1, -0.05) is 23.2 Å². The van der Waals surface area contributed by atoms with E-state index in [9.17, 15) is 8.78 Å². The summed E-state index contributed by atoms with van der Waals surface area (Å²) in [5, 5.41) is 2.69. The van der Waals surface area contributed by atoms with Gasteiger partial charge < -0.3 is 5.32 Å². The van der Waals surface area contributed by atoms with E-state index >= 15 is 0 Å². The maximum absolute atomic E-state index is 13.1. The molecule has 0 bridgehead atoms. The molecule has 0 saturated heterocycles. The Hall–Kier alpha value is -0.910. The Balaban J connectivity index is 2.14. The van der Waals surface area contributed by atoms with E-state index in [-0.39, 0.29) is 10.7 Å². The third-order valence-electron chi connectivity index (χ3n) is 1.97. The lowest BCUT2D eigenvalue weighted by atomic mass is 10.3. The molecule has 0 atom stereocenters. The topological polar surface area (TPSA) is 24.9 Å². The second kappa shape index (κ2) is 5.16. The van der Waals surface area contributed by atoms with Crippen LogP contribution >= 0.6 is 34.5 Å². The molecule has 0 saturated carbocycles. The average molecular weight is 295 g/mol. The minimum atomic E-state index is -0.795. The molecule has 17 heavy (non-hydrogen) atoms. The summed E-state index contributed by atoms with van der Waals surface area (Å²) in [4.78, 5) is 4.69. The molecule has 1 heterocycles. The van der Waals surface area contributed by atoms with Gasteiger partial charge in [0.1, 0.15) is 11.6 Å². The fraction of sp³-hybridized carbons (Fsp3) is 0.100. The quantitative estimate of drug-likeness (QED) is 0.852. The van der Waals surface area contributed by atoms with Gasteiger partial charge in [-0.3, -0.25) is 0 Å². The molecule has 0 unspecified atom stereocenters. The van der Waals surface area contributed by atoms with E-state index < -0.39 is 11.6 Å². The number of benzene rings is 1. The smallest absolute Gasteiger partial charge is 0.183 e. The van der Waals surface area contributed by atoms with Crippen LogP contribution in [0.25, 0.3) is 0 Å². The molecule has 1 aromatic carbocycles. The molecule has 2 rings (SSSR count). The zero-order valence-electron chi connectivity index (χ0n) is 8.31. The summed E-state index contributed by atoms with van der Waals surface area (Å²) in [7, 11) is 0. The highest BCUT2D eigenvalue weighted by Gasteiger charge is 2.09. The molecule has 2 nitrogen and oxygen atoms in total. The van der Waals surface area contributed by atoms with Gasteiger partial charge in [0.25, 0.3) is 0 Å². The largest absolute Gasteiger partial charge is 0.379 e. The van der Waals surface area contributed by atoms with Crippen molar-refractivity contribution >= 4 is 40.2 Å². The van der Waals surface area contributed by atoms with Gasteiger partial charge in [0.2, 0.25) is 0 Å². The summed E-state index contributed by atoms with van der Waals surface area (Å²) >= 11 is 12.6. The number of nitrogens with one attached hydrogen (secondary N) is 1. The van der Waals surface area contributed by atoms with E-state index in [0.717, 1.165) is 17.0 Å². The van der Waals surface area contributed by atoms with Crippen molar-refractivity contribution < 1.29 is 8.78 Å². The van der Waals surface area contributed by atoms with Crippen molar-refractivity contribution in [1.82, 2.24) is 4.98 Å². The third-order valence-corrected chi connectivity index (χ3v) is 3.47. The Morgan fingerprint density at radius 3 is 2.71 bits per heavy atom. The van der Waals surface area contributed by atoms with Crippen molar-refractivity contribution in [2.75, 3.05) is 5.32 Å². The summed E-state index contributed by atoms with van der Waals surface area (Å²) in [6.07, 6.45) is 1.59. The average Bonchev–Trinajstić information content (AvgIpc) is 2.67. The lowest BCUT2D eigenvalue weighted by Gasteiger charge is -2.07. The minimum absolute atomic E-state index is 0.137. The molecule has 0 aliphatic carbocycles. The summed E-state index contributed by atoms with van der Waals surface area (Å²) in [5.41, 5.74) is 0.202. The van der Waals surface area contributed by atoms with Gasteiger partial charge in [-0.25, -0.2) is 13.8 Å². The van der Waals surface area contributed by atoms with E-state index in [1.54, 1.807) is 6.20 Å². The monoisotopic (exact) mass is 294 g/mol. The first-order valence-electron chi connectivity index (χ1n) is 4.55. The van der Waals surface area contributed by atoms with Crippen LogP contribution < -0.4 is 5.32 Å². The van der Waals surface area contributed by atoms with E-state index in [2.05, 4.69) is 10.3 Å². The van der Waals surface area contributed by atoms with Crippen molar-refractivity contribution in [2.45, 2.75) is 6.54 Å². The highest BCUT2D eigenvalue weighted by molar-refractivity contribution is 7.15. The fourth-order valence-corrected chi connectivity index (χ4v) is 2.33. The van der Waals surface area contributed by atoms with Crippen molar-refractivity contribution in [2.24, 2.45) is 0 Å². The van der Waals surface area contributed by atoms with Gasteiger partial charge in [0, 0.05) is 17.1 Å². The summed E-state index contributed by atoms with van der Waals surface area (Å²) in [6, 6.07) is 1.87. The first kappa shape index (κ1) is 12.5. The lowest BCUT2D eigenvalue weighted by molar-refractivity contribution is 0.584. The Morgan fingerprint density at radius 2 is 2.06 bits per heavy atom. The predicted octanol–water partition coefficient (Wildman–Crippen LogP) is 4.34. The first-order valence-corrected chi connectivity index (χ1v) is 6.12. The molecule has 0 amide bonds. The molecule has 2 aromatic rings. The van der Waals surface area contributed by atoms with Crippen LogP contribution in [0.15, 0.2) is 18.3 Å². The van der Waals surface area contributed by atoms with E-state index in [0.29, 0.717) is 11.0 Å². The van der Waals surface area contributed by atoms with Crippen molar-refractivity contribution in [3.05, 3.63) is 44.3 Å². The molecule has 0 fully saturated rings. The molecular formula is C10H6Cl2F2N2S. The SMILES string of the molecule is Fc1cc(F)c(Cl)c(NCc2cnc(Cl)s2)c1. The molecular weight excluding hydrogens is 289 g/mol. The Bertz CT molecular complexity index is 545. The maximum Gasteiger partial charge on any atom is 0.183 e. The number of halogens is 4. The Kier molecular flexibility index (Phi) is 3.81. The minimum Gasteiger partial charge on any atom is -0.379 e. The number of nitrogens with zero attached hydrogens (tertiary/aromatic N) is 1. The van der Waals surface area contributed by atoms with E-state index in [1.165, 1.54) is 11.3 Å². The number of aromatic nitrogens is 1. The van der Waals surface area contributed by atoms with Crippen LogP contribution in [-0.4, -0.2) is 4.98 Å². The van der Waals surface area contributed by atoms with Gasteiger partial charge in [-0.15, -0.1) is 11.3 Å². The lowest BCUT2D eigenvalue weighted by Crippen LogP contribution is -2.00. The number of hydrogen-bond acceptors (Lipinski definition) is 3. The van der Waals surface area contributed by atoms with Gasteiger partial charge in [-0.2, -0.15) is 0 Å². The van der Waals surface area contributed by atoms with Crippen molar-refractivity contribution in [1.29, 1.82) is 0 Å². The maximum atomic E-state index is 13.1. The van der Waals surface area contributed by atoms with Gasteiger partial charge in [-0.05, 0) is 6.07 Å². The summed E-state index contributed by atoms with van der Waals surface area (Å²) in [6.45, 7) is 0.354. The van der Waals surface area contributed by atoms with Crippen LogP contribution in [0.5, 0.6) is 0 Å². The number of anilines is 1. The number of rotatable bonds is 3. The first-order chi connectivity index (χ1) is 8.06. The third kappa shape index (κ3) is 3.06. The summed E-state index contributed by atoms with van der Waals surface area (Å²) in [5.74, 6) is -1.48. The molecule has 0 spiro atoms. The Labute approximate surface area is 110 Å². The van der Waals surface area contributed by atoms with Crippen LogP contribution in [0.4, 0.5) is 14.5 Å². The van der Waals surface area contributed by atoms with Crippen LogP contribution in [0.3, 0.4) is 0 Å². The number of hydrogen-bond donors (Lipinski definition) is 1. The molecule has 0 radical (unpaired) electrons. The molecule has 90 valence electrons.